The smallest absolute Gasteiger partial charge is 0.185 e. The Kier molecular flexibility index (Phi) is 7.28. The van der Waals surface area contributed by atoms with Gasteiger partial charge in [0.25, 0.3) is 0 Å². The lowest BCUT2D eigenvalue weighted by Crippen LogP contribution is -2.27. The van der Waals surface area contributed by atoms with Gasteiger partial charge in [0.15, 0.2) is 10.3 Å². The average Bonchev–Trinajstić information content (AvgIpc) is 3.20. The summed E-state index contributed by atoms with van der Waals surface area (Å²) < 4.78 is 0. The first kappa shape index (κ1) is 17.6. The highest BCUT2D eigenvalue weighted by Crippen LogP contribution is 2.18. The highest BCUT2D eigenvalue weighted by Gasteiger charge is 2.11. The minimum Gasteiger partial charge on any atom is -0.347 e. The minimum atomic E-state index is 1.08. The van der Waals surface area contributed by atoms with Gasteiger partial charge in [0.2, 0.25) is 0 Å². The van der Waals surface area contributed by atoms with Crippen molar-refractivity contribution in [3.63, 3.8) is 0 Å². The molecule has 2 aliphatic heterocycles. The van der Waals surface area contributed by atoms with Gasteiger partial charge in [-0.05, 0) is 25.9 Å². The van der Waals surface area contributed by atoms with Crippen molar-refractivity contribution in [2.45, 2.75) is 12.8 Å². The van der Waals surface area contributed by atoms with Gasteiger partial charge in [-0.2, -0.15) is 0 Å². The average molecular weight is 367 g/mol. The van der Waals surface area contributed by atoms with Gasteiger partial charge in [-0.1, -0.05) is 0 Å². The van der Waals surface area contributed by atoms with Crippen molar-refractivity contribution in [1.82, 2.24) is 20.6 Å². The molecule has 2 aromatic rings. The Bertz CT molecular complexity index is 479. The Balaban J connectivity index is 0.000000141. The molecule has 2 fully saturated rings. The van der Waals surface area contributed by atoms with Crippen LogP contribution in [-0.2, 0) is 0 Å². The van der Waals surface area contributed by atoms with Crippen LogP contribution in [0.4, 0.5) is 10.3 Å². The van der Waals surface area contributed by atoms with Crippen LogP contribution < -0.4 is 20.4 Å². The molecule has 0 bridgehead atoms. The zero-order valence-electron chi connectivity index (χ0n) is 14.0. The summed E-state index contributed by atoms with van der Waals surface area (Å²) in [5, 5.41) is 13.2. The van der Waals surface area contributed by atoms with Crippen LogP contribution in [-0.4, -0.2) is 62.3 Å². The molecule has 4 heterocycles. The minimum absolute atomic E-state index is 1.08. The normalized spacial score (nSPS) is 19.2. The number of nitrogens with zero attached hydrogens (tertiary/aromatic N) is 4. The van der Waals surface area contributed by atoms with Crippen LogP contribution in [0.1, 0.15) is 12.8 Å². The third-order valence-corrected chi connectivity index (χ3v) is 5.72. The van der Waals surface area contributed by atoms with Gasteiger partial charge in [-0.3, -0.25) is 0 Å². The van der Waals surface area contributed by atoms with E-state index in [1.54, 1.807) is 22.7 Å². The molecule has 24 heavy (non-hydrogen) atoms. The van der Waals surface area contributed by atoms with Crippen molar-refractivity contribution in [3.8, 4) is 0 Å². The number of rotatable bonds is 2. The van der Waals surface area contributed by atoms with Crippen LogP contribution in [0.5, 0.6) is 0 Å². The fraction of sp³-hybridized carbons (Fsp3) is 0.625. The number of aromatic nitrogens is 2. The first-order chi connectivity index (χ1) is 11.9. The van der Waals surface area contributed by atoms with Gasteiger partial charge in [0.05, 0.1) is 0 Å². The molecule has 2 aromatic heterocycles. The van der Waals surface area contributed by atoms with E-state index in [0.717, 1.165) is 52.4 Å². The molecular weight excluding hydrogens is 340 g/mol. The van der Waals surface area contributed by atoms with Crippen LogP contribution in [0.2, 0.25) is 0 Å². The van der Waals surface area contributed by atoms with E-state index >= 15 is 0 Å². The first-order valence-corrected chi connectivity index (χ1v) is 10.4. The van der Waals surface area contributed by atoms with E-state index in [-0.39, 0.29) is 0 Å². The molecule has 2 aliphatic rings. The zero-order valence-corrected chi connectivity index (χ0v) is 15.6. The van der Waals surface area contributed by atoms with Crippen LogP contribution in [0, 0.1) is 0 Å². The number of nitrogens with one attached hydrogen (secondary N) is 2. The molecule has 0 aromatic carbocycles. The number of anilines is 2. The van der Waals surface area contributed by atoms with Crippen molar-refractivity contribution in [2.75, 3.05) is 62.2 Å². The maximum atomic E-state index is 4.30. The zero-order chi connectivity index (χ0) is 16.5. The molecule has 0 atom stereocenters. The SMILES string of the molecule is c1csc(N2CCCNCC2)n1.c1csc(N2CCCNCC2)n1. The molecule has 0 radical (unpaired) electrons. The van der Waals surface area contributed by atoms with Crippen LogP contribution in [0.25, 0.3) is 0 Å². The van der Waals surface area contributed by atoms with Gasteiger partial charge in [-0.15, -0.1) is 22.7 Å². The Morgan fingerprint density at radius 2 is 1.21 bits per heavy atom. The van der Waals surface area contributed by atoms with Crippen molar-refractivity contribution in [1.29, 1.82) is 0 Å². The van der Waals surface area contributed by atoms with E-state index in [2.05, 4.69) is 30.4 Å². The molecular formula is C16H26N6S2. The largest absolute Gasteiger partial charge is 0.347 e. The summed E-state index contributed by atoms with van der Waals surface area (Å²) in [5.74, 6) is 0. The van der Waals surface area contributed by atoms with E-state index < -0.39 is 0 Å². The molecule has 0 spiro atoms. The molecule has 0 amide bonds. The summed E-state index contributed by atoms with van der Waals surface area (Å²) >= 11 is 3.45. The number of thiazole rings is 2. The van der Waals surface area contributed by atoms with E-state index in [4.69, 9.17) is 0 Å². The third-order valence-electron chi connectivity index (χ3n) is 4.06. The Morgan fingerprint density at radius 3 is 1.62 bits per heavy atom. The van der Waals surface area contributed by atoms with Crippen LogP contribution in [0.3, 0.4) is 0 Å². The lowest BCUT2D eigenvalue weighted by atomic mass is 10.4. The van der Waals surface area contributed by atoms with Gasteiger partial charge < -0.3 is 20.4 Å². The van der Waals surface area contributed by atoms with E-state index in [9.17, 15) is 0 Å². The molecule has 2 N–H and O–H groups in total. The maximum Gasteiger partial charge on any atom is 0.185 e. The van der Waals surface area contributed by atoms with Crippen molar-refractivity contribution in [3.05, 3.63) is 23.2 Å². The molecule has 0 saturated carbocycles. The maximum absolute atomic E-state index is 4.30. The van der Waals surface area contributed by atoms with Crippen LogP contribution in [0.15, 0.2) is 23.2 Å². The summed E-state index contributed by atoms with van der Waals surface area (Å²) in [5.41, 5.74) is 0. The molecule has 6 nitrogen and oxygen atoms in total. The van der Waals surface area contributed by atoms with Crippen molar-refractivity contribution in [2.24, 2.45) is 0 Å². The molecule has 4 rings (SSSR count). The van der Waals surface area contributed by atoms with Gasteiger partial charge in [0, 0.05) is 62.4 Å². The fourth-order valence-corrected chi connectivity index (χ4v) is 4.21. The Labute approximate surface area is 151 Å². The second-order valence-corrected chi connectivity index (χ2v) is 7.56. The number of hydrogen-bond acceptors (Lipinski definition) is 8. The summed E-state index contributed by atoms with van der Waals surface area (Å²) in [6.07, 6.45) is 6.19. The summed E-state index contributed by atoms with van der Waals surface area (Å²) in [6.45, 7) is 8.91. The highest BCUT2D eigenvalue weighted by molar-refractivity contribution is 7.13. The highest BCUT2D eigenvalue weighted by atomic mass is 32.1. The van der Waals surface area contributed by atoms with E-state index in [1.165, 1.54) is 23.1 Å². The predicted octanol–water partition coefficient (Wildman–Crippen LogP) is 1.89. The van der Waals surface area contributed by atoms with Gasteiger partial charge in [0.1, 0.15) is 0 Å². The lowest BCUT2D eigenvalue weighted by Gasteiger charge is -2.17. The second-order valence-electron chi connectivity index (χ2n) is 5.81. The molecule has 132 valence electrons. The van der Waals surface area contributed by atoms with Crippen molar-refractivity contribution < 1.29 is 0 Å². The Hall–Kier alpha value is -1.22. The first-order valence-electron chi connectivity index (χ1n) is 8.64. The topological polar surface area (TPSA) is 56.3 Å². The molecule has 0 aliphatic carbocycles. The summed E-state index contributed by atoms with van der Waals surface area (Å²) in [7, 11) is 0. The Morgan fingerprint density at radius 1 is 0.708 bits per heavy atom. The monoisotopic (exact) mass is 366 g/mol. The van der Waals surface area contributed by atoms with Crippen LogP contribution >= 0.6 is 22.7 Å². The van der Waals surface area contributed by atoms with Crippen molar-refractivity contribution >= 4 is 32.9 Å². The molecule has 0 unspecified atom stereocenters. The third kappa shape index (κ3) is 5.41. The standard InChI is InChI=1S/2C8H13N3S/c2*1-2-9-3-6-11(5-1)8-10-4-7-12-8/h2*4,7,9H,1-3,5-6H2. The predicted molar refractivity (Wildman–Crippen MR) is 104 cm³/mol. The molecule has 8 heteroatoms. The summed E-state index contributed by atoms with van der Waals surface area (Å²) in [4.78, 5) is 13.3. The van der Waals surface area contributed by atoms with E-state index in [0.29, 0.717) is 0 Å². The summed E-state index contributed by atoms with van der Waals surface area (Å²) in [6, 6.07) is 0. The fourth-order valence-electron chi connectivity index (χ4n) is 2.82. The quantitative estimate of drug-likeness (QED) is 0.846. The van der Waals surface area contributed by atoms with E-state index in [1.807, 2.05) is 23.2 Å². The van der Waals surface area contributed by atoms with Gasteiger partial charge >= 0.3 is 0 Å². The lowest BCUT2D eigenvalue weighted by molar-refractivity contribution is 0.724. The van der Waals surface area contributed by atoms with Gasteiger partial charge in [-0.25, -0.2) is 9.97 Å². The molecule has 2 saturated heterocycles. The number of hydrogen-bond donors (Lipinski definition) is 2. The second kappa shape index (κ2) is 9.93.